The fourth-order valence-electron chi connectivity index (χ4n) is 3.14. The number of non-ortho nitro benzene ring substituents is 1. The SMILES string of the molecule is NS(=O)(=O)c1ccc(CNC(=S)NCCNC(=O)c2cc([N+](=O)[O-])ccc2N(CCBr)CCBr)cc1. The van der Waals surface area contributed by atoms with Crippen LogP contribution in [-0.2, 0) is 16.6 Å². The first-order chi connectivity index (χ1) is 17.1. The maximum Gasteiger partial charge on any atom is 0.270 e. The number of nitrogens with zero attached hydrogens (tertiary/aromatic N) is 2. The molecule has 0 fully saturated rings. The van der Waals surface area contributed by atoms with Crippen molar-refractivity contribution in [2.75, 3.05) is 41.7 Å². The molecule has 0 saturated heterocycles. The Labute approximate surface area is 231 Å². The molecule has 0 aliphatic heterocycles. The topological polar surface area (TPSA) is 160 Å². The maximum absolute atomic E-state index is 12.9. The van der Waals surface area contributed by atoms with Crippen molar-refractivity contribution in [3.63, 3.8) is 0 Å². The van der Waals surface area contributed by atoms with Gasteiger partial charge in [0, 0.05) is 55.5 Å². The molecule has 5 N–H and O–H groups in total. The molecule has 2 rings (SSSR count). The van der Waals surface area contributed by atoms with E-state index in [1.165, 1.54) is 24.3 Å². The number of carbonyl (C=O) groups is 1. The van der Waals surface area contributed by atoms with E-state index in [0.717, 1.165) is 5.56 Å². The highest BCUT2D eigenvalue weighted by Gasteiger charge is 2.20. The maximum atomic E-state index is 12.9. The summed E-state index contributed by atoms with van der Waals surface area (Å²) in [6.45, 7) is 2.14. The first-order valence-corrected chi connectivity index (χ1v) is 14.8. The third kappa shape index (κ3) is 9.28. The van der Waals surface area contributed by atoms with Gasteiger partial charge in [0.25, 0.3) is 11.6 Å². The van der Waals surface area contributed by atoms with Gasteiger partial charge in [0.05, 0.1) is 21.1 Å². The molecule has 0 aliphatic rings. The van der Waals surface area contributed by atoms with Gasteiger partial charge >= 0.3 is 0 Å². The van der Waals surface area contributed by atoms with E-state index in [2.05, 4.69) is 47.8 Å². The number of hydrogen-bond donors (Lipinski definition) is 4. The Balaban J connectivity index is 1.91. The number of alkyl halides is 2. The number of hydrogen-bond acceptors (Lipinski definition) is 7. The van der Waals surface area contributed by atoms with Crippen LogP contribution in [0, 0.1) is 10.1 Å². The summed E-state index contributed by atoms with van der Waals surface area (Å²) in [7, 11) is -3.75. The number of nitro groups is 1. The molecule has 0 atom stereocenters. The molecule has 0 radical (unpaired) electrons. The molecule has 0 heterocycles. The van der Waals surface area contributed by atoms with Crippen LogP contribution >= 0.6 is 44.1 Å². The zero-order valence-electron chi connectivity index (χ0n) is 19.1. The van der Waals surface area contributed by atoms with E-state index in [4.69, 9.17) is 17.4 Å². The van der Waals surface area contributed by atoms with Crippen molar-refractivity contribution in [1.29, 1.82) is 0 Å². The monoisotopic (exact) mass is 664 g/mol. The number of carbonyl (C=O) groups excluding carboxylic acids is 1. The number of benzene rings is 2. The lowest BCUT2D eigenvalue weighted by Crippen LogP contribution is -2.40. The third-order valence-corrected chi connectivity index (χ3v) is 6.81. The second-order valence-corrected chi connectivity index (χ2v) is 10.9. The Bertz CT molecular complexity index is 1180. The summed E-state index contributed by atoms with van der Waals surface area (Å²) in [4.78, 5) is 25.6. The second-order valence-electron chi connectivity index (χ2n) is 7.38. The Morgan fingerprint density at radius 3 is 2.19 bits per heavy atom. The van der Waals surface area contributed by atoms with Crippen LogP contribution in [0.4, 0.5) is 11.4 Å². The van der Waals surface area contributed by atoms with Gasteiger partial charge in [-0.05, 0) is 36.0 Å². The molecule has 0 unspecified atom stereocenters. The third-order valence-electron chi connectivity index (χ3n) is 4.89. The normalized spacial score (nSPS) is 11.0. The number of thiocarbonyl (C=S) groups is 1. The van der Waals surface area contributed by atoms with E-state index < -0.39 is 20.9 Å². The van der Waals surface area contributed by atoms with E-state index in [9.17, 15) is 23.3 Å². The van der Waals surface area contributed by atoms with E-state index in [0.29, 0.717) is 47.6 Å². The highest BCUT2D eigenvalue weighted by atomic mass is 79.9. The van der Waals surface area contributed by atoms with Gasteiger partial charge in [-0.1, -0.05) is 44.0 Å². The molecular weight excluding hydrogens is 640 g/mol. The van der Waals surface area contributed by atoms with Gasteiger partial charge in [0.1, 0.15) is 0 Å². The smallest absolute Gasteiger partial charge is 0.270 e. The van der Waals surface area contributed by atoms with Gasteiger partial charge in [-0.15, -0.1) is 0 Å². The van der Waals surface area contributed by atoms with Gasteiger partial charge in [-0.2, -0.15) is 0 Å². The van der Waals surface area contributed by atoms with Crippen LogP contribution in [0.1, 0.15) is 15.9 Å². The Hall–Kier alpha value is -2.33. The highest BCUT2D eigenvalue weighted by Crippen LogP contribution is 2.26. The van der Waals surface area contributed by atoms with Crippen molar-refractivity contribution in [3.05, 3.63) is 63.7 Å². The lowest BCUT2D eigenvalue weighted by Gasteiger charge is -2.25. The Kier molecular flexibility index (Phi) is 12.0. The Morgan fingerprint density at radius 2 is 1.64 bits per heavy atom. The molecule has 0 bridgehead atoms. The van der Waals surface area contributed by atoms with E-state index in [-0.39, 0.29) is 22.7 Å². The summed E-state index contributed by atoms with van der Waals surface area (Å²) >= 11 is 12.0. The Morgan fingerprint density at radius 1 is 1.03 bits per heavy atom. The lowest BCUT2D eigenvalue weighted by molar-refractivity contribution is -0.384. The number of nitrogens with one attached hydrogen (secondary N) is 3. The van der Waals surface area contributed by atoms with Gasteiger partial charge in [0.15, 0.2) is 5.11 Å². The van der Waals surface area contributed by atoms with Crippen LogP contribution in [0.25, 0.3) is 0 Å². The molecule has 0 saturated carbocycles. The van der Waals surface area contributed by atoms with Crippen LogP contribution in [0.15, 0.2) is 47.4 Å². The molecule has 1 amide bonds. The average molecular weight is 666 g/mol. The van der Waals surface area contributed by atoms with Crippen LogP contribution in [0.5, 0.6) is 0 Å². The standard InChI is InChI=1S/C21H26Br2N6O5S2/c22-7-11-28(12-8-23)19-6-3-16(29(31)32)13-18(19)20(30)25-9-10-26-21(35)27-14-15-1-4-17(5-2-15)36(24,33)34/h1-6,13H,7-12,14H2,(H,25,30)(H2,24,33,34)(H2,26,27,35). The van der Waals surface area contributed by atoms with Crippen LogP contribution in [-0.4, -0.2) is 61.2 Å². The van der Waals surface area contributed by atoms with Crippen LogP contribution < -0.4 is 26.0 Å². The summed E-state index contributed by atoms with van der Waals surface area (Å²) in [6.07, 6.45) is 0. The molecule has 0 aliphatic carbocycles. The molecule has 0 spiro atoms. The van der Waals surface area contributed by atoms with Gasteiger partial charge < -0.3 is 20.9 Å². The number of anilines is 1. The highest BCUT2D eigenvalue weighted by molar-refractivity contribution is 9.09. The summed E-state index contributed by atoms with van der Waals surface area (Å²) in [6, 6.07) is 10.3. The quantitative estimate of drug-likeness (QED) is 0.0827. The number of amides is 1. The minimum Gasteiger partial charge on any atom is -0.369 e. The first kappa shape index (κ1) is 29.9. The number of nitro benzene ring substituents is 1. The van der Waals surface area contributed by atoms with Gasteiger partial charge in [-0.3, -0.25) is 14.9 Å². The van der Waals surface area contributed by atoms with Crippen molar-refractivity contribution >= 4 is 76.5 Å². The molecule has 2 aromatic rings. The molecule has 196 valence electrons. The van der Waals surface area contributed by atoms with Crippen molar-refractivity contribution < 1.29 is 18.1 Å². The van der Waals surface area contributed by atoms with Crippen molar-refractivity contribution in [2.24, 2.45) is 5.14 Å². The lowest BCUT2D eigenvalue weighted by atomic mass is 10.1. The number of rotatable bonds is 13. The predicted octanol–water partition coefficient (Wildman–Crippen LogP) is 2.23. The van der Waals surface area contributed by atoms with Gasteiger partial charge in [-0.25, -0.2) is 13.6 Å². The summed E-state index contributed by atoms with van der Waals surface area (Å²) in [5.74, 6) is -0.432. The predicted molar refractivity (Wildman–Crippen MR) is 150 cm³/mol. The number of nitrogens with two attached hydrogens (primary N) is 1. The minimum atomic E-state index is -3.75. The fourth-order valence-corrected chi connectivity index (χ4v) is 4.69. The molecular formula is C21H26Br2N6O5S2. The van der Waals surface area contributed by atoms with E-state index in [1.807, 2.05) is 4.90 Å². The fraction of sp³-hybridized carbons (Fsp3) is 0.333. The minimum absolute atomic E-state index is 0.0251. The molecule has 11 nitrogen and oxygen atoms in total. The number of halogens is 2. The van der Waals surface area contributed by atoms with Gasteiger partial charge in [0.2, 0.25) is 10.0 Å². The summed E-state index contributed by atoms with van der Waals surface area (Å²) < 4.78 is 22.6. The number of primary sulfonamides is 1. The average Bonchev–Trinajstić information content (AvgIpc) is 2.84. The molecule has 15 heteroatoms. The summed E-state index contributed by atoms with van der Waals surface area (Å²) in [5.41, 5.74) is 1.46. The van der Waals surface area contributed by atoms with E-state index >= 15 is 0 Å². The largest absolute Gasteiger partial charge is 0.369 e. The van der Waals surface area contributed by atoms with Crippen LogP contribution in [0.2, 0.25) is 0 Å². The molecule has 0 aromatic heterocycles. The van der Waals surface area contributed by atoms with Crippen molar-refractivity contribution in [1.82, 2.24) is 16.0 Å². The zero-order valence-corrected chi connectivity index (χ0v) is 23.9. The van der Waals surface area contributed by atoms with Crippen molar-refractivity contribution in [2.45, 2.75) is 11.4 Å². The first-order valence-electron chi connectivity index (χ1n) is 10.6. The van der Waals surface area contributed by atoms with Crippen molar-refractivity contribution in [3.8, 4) is 0 Å². The van der Waals surface area contributed by atoms with E-state index in [1.54, 1.807) is 18.2 Å². The molecule has 36 heavy (non-hydrogen) atoms. The molecule has 2 aromatic carbocycles. The zero-order chi connectivity index (χ0) is 26.7. The van der Waals surface area contributed by atoms with Crippen LogP contribution in [0.3, 0.4) is 0 Å². The summed E-state index contributed by atoms with van der Waals surface area (Å²) in [5, 5.41) is 26.7. The number of sulfonamides is 1. The second kappa shape index (κ2) is 14.4.